The molecule has 3 aromatic carbocycles. The third kappa shape index (κ3) is 5.41. The molecule has 4 rings (SSSR count). The minimum Gasteiger partial charge on any atom is -0.496 e. The van der Waals surface area contributed by atoms with Gasteiger partial charge in [0.1, 0.15) is 17.3 Å². The normalized spacial score (nSPS) is 10.6. The van der Waals surface area contributed by atoms with E-state index in [2.05, 4.69) is 15.5 Å². The van der Waals surface area contributed by atoms with E-state index in [1.54, 1.807) is 6.07 Å². The summed E-state index contributed by atoms with van der Waals surface area (Å²) in [6.07, 6.45) is 0.577. The number of rotatable bonds is 9. The van der Waals surface area contributed by atoms with Crippen molar-refractivity contribution in [1.82, 2.24) is 14.8 Å². The molecule has 0 spiro atoms. The second-order valence-corrected chi connectivity index (χ2v) is 8.15. The summed E-state index contributed by atoms with van der Waals surface area (Å²) in [7, 11) is 1.42. The molecular weight excluding hydrogens is 454 g/mol. The number of amides is 1. The number of benzene rings is 3. The molecule has 1 amide bonds. The molecule has 1 heterocycles. The van der Waals surface area contributed by atoms with Crippen molar-refractivity contribution in [2.45, 2.75) is 11.6 Å². The lowest BCUT2D eigenvalue weighted by Crippen LogP contribution is -2.15. The SMILES string of the molecule is COc1ccc(NC(=O)CSc2nnc(Cc3ccccc3)n2-c2ccccc2)c([N+](=O)[O-])c1. The summed E-state index contributed by atoms with van der Waals surface area (Å²) in [6.45, 7) is 0. The molecule has 0 aliphatic heterocycles. The van der Waals surface area contributed by atoms with E-state index in [4.69, 9.17) is 4.74 Å². The van der Waals surface area contributed by atoms with Crippen LogP contribution in [-0.2, 0) is 11.2 Å². The summed E-state index contributed by atoms with van der Waals surface area (Å²) < 4.78 is 6.95. The van der Waals surface area contributed by atoms with Crippen molar-refractivity contribution in [3.8, 4) is 11.4 Å². The van der Waals surface area contributed by atoms with E-state index in [1.807, 2.05) is 65.2 Å². The molecule has 9 nitrogen and oxygen atoms in total. The molecule has 0 saturated heterocycles. The molecule has 0 fully saturated rings. The van der Waals surface area contributed by atoms with Crippen molar-refractivity contribution >= 4 is 29.0 Å². The molecule has 1 N–H and O–H groups in total. The average Bonchev–Trinajstić information content (AvgIpc) is 3.26. The van der Waals surface area contributed by atoms with Crippen LogP contribution < -0.4 is 10.1 Å². The second-order valence-electron chi connectivity index (χ2n) is 7.21. The second kappa shape index (κ2) is 10.6. The number of nitro benzene ring substituents is 1. The number of thioether (sulfide) groups is 1. The number of nitro groups is 1. The highest BCUT2D eigenvalue weighted by Crippen LogP contribution is 2.29. The Morgan fingerprint density at radius 3 is 2.44 bits per heavy atom. The highest BCUT2D eigenvalue weighted by atomic mass is 32.2. The Labute approximate surface area is 199 Å². The molecule has 0 saturated carbocycles. The predicted molar refractivity (Wildman–Crippen MR) is 130 cm³/mol. The topological polar surface area (TPSA) is 112 Å². The summed E-state index contributed by atoms with van der Waals surface area (Å²) in [5.41, 5.74) is 1.83. The number of hydrogen-bond acceptors (Lipinski definition) is 7. The van der Waals surface area contributed by atoms with Crippen LogP contribution in [0.4, 0.5) is 11.4 Å². The van der Waals surface area contributed by atoms with Crippen molar-refractivity contribution < 1.29 is 14.5 Å². The van der Waals surface area contributed by atoms with Crippen molar-refractivity contribution in [3.05, 3.63) is 100 Å². The molecule has 0 aliphatic carbocycles. The first-order chi connectivity index (χ1) is 16.5. The van der Waals surface area contributed by atoms with E-state index >= 15 is 0 Å². The molecule has 0 atom stereocenters. The van der Waals surface area contributed by atoms with Crippen LogP contribution in [-0.4, -0.2) is 38.5 Å². The van der Waals surface area contributed by atoms with Gasteiger partial charge in [0.15, 0.2) is 5.16 Å². The lowest BCUT2D eigenvalue weighted by atomic mass is 10.1. The largest absolute Gasteiger partial charge is 0.496 e. The van der Waals surface area contributed by atoms with E-state index in [9.17, 15) is 14.9 Å². The monoisotopic (exact) mass is 475 g/mol. The maximum absolute atomic E-state index is 12.6. The first-order valence-electron chi connectivity index (χ1n) is 10.3. The van der Waals surface area contributed by atoms with E-state index in [1.165, 1.54) is 31.0 Å². The van der Waals surface area contributed by atoms with E-state index in [0.717, 1.165) is 17.1 Å². The maximum Gasteiger partial charge on any atom is 0.296 e. The zero-order valence-corrected chi connectivity index (χ0v) is 19.1. The number of para-hydroxylation sites is 1. The summed E-state index contributed by atoms with van der Waals surface area (Å²) in [5, 5.41) is 23.2. The quantitative estimate of drug-likeness (QED) is 0.215. The van der Waals surface area contributed by atoms with Gasteiger partial charge in [-0.3, -0.25) is 19.5 Å². The van der Waals surface area contributed by atoms with Gasteiger partial charge in [-0.15, -0.1) is 10.2 Å². The maximum atomic E-state index is 12.6. The summed E-state index contributed by atoms with van der Waals surface area (Å²) in [4.78, 5) is 23.4. The fourth-order valence-corrected chi connectivity index (χ4v) is 4.11. The Morgan fingerprint density at radius 1 is 1.06 bits per heavy atom. The Hall–Kier alpha value is -4.18. The molecule has 0 bridgehead atoms. The number of aromatic nitrogens is 3. The highest BCUT2D eigenvalue weighted by molar-refractivity contribution is 7.99. The number of methoxy groups -OCH3 is 1. The third-order valence-corrected chi connectivity index (χ3v) is 5.86. The van der Waals surface area contributed by atoms with Gasteiger partial charge in [0.25, 0.3) is 5.69 Å². The van der Waals surface area contributed by atoms with Crippen LogP contribution in [0.1, 0.15) is 11.4 Å². The van der Waals surface area contributed by atoms with Gasteiger partial charge in [0.05, 0.1) is 23.9 Å². The van der Waals surface area contributed by atoms with Gasteiger partial charge < -0.3 is 10.1 Å². The van der Waals surface area contributed by atoms with E-state index < -0.39 is 10.8 Å². The summed E-state index contributed by atoms with van der Waals surface area (Å²) >= 11 is 1.21. The Morgan fingerprint density at radius 2 is 1.76 bits per heavy atom. The summed E-state index contributed by atoms with van der Waals surface area (Å²) in [5.74, 6) is 0.678. The zero-order valence-electron chi connectivity index (χ0n) is 18.2. The van der Waals surface area contributed by atoms with Gasteiger partial charge in [-0.05, 0) is 29.8 Å². The number of nitrogens with one attached hydrogen (secondary N) is 1. The molecule has 4 aromatic rings. The molecule has 10 heteroatoms. The lowest BCUT2D eigenvalue weighted by molar-refractivity contribution is -0.384. The molecule has 172 valence electrons. The van der Waals surface area contributed by atoms with Gasteiger partial charge in [-0.25, -0.2) is 0 Å². The standard InChI is InChI=1S/C24H21N5O4S/c1-33-19-12-13-20(21(15-19)29(31)32)25-23(30)16-34-24-27-26-22(14-17-8-4-2-5-9-17)28(24)18-10-6-3-7-11-18/h2-13,15H,14,16H2,1H3,(H,25,30). The number of carbonyl (C=O) groups excluding carboxylic acids is 1. The minimum absolute atomic E-state index is 0.000509. The van der Waals surface area contributed by atoms with Crippen LogP contribution in [0.15, 0.2) is 84.0 Å². The molecule has 0 unspecified atom stereocenters. The van der Waals surface area contributed by atoms with Crippen LogP contribution in [0.25, 0.3) is 5.69 Å². The molecular formula is C24H21N5O4S. The number of anilines is 1. The van der Waals surface area contributed by atoms with Crippen molar-refractivity contribution in [1.29, 1.82) is 0 Å². The number of hydrogen-bond donors (Lipinski definition) is 1. The van der Waals surface area contributed by atoms with Gasteiger partial charge in [-0.1, -0.05) is 60.3 Å². The number of carbonyl (C=O) groups is 1. The average molecular weight is 476 g/mol. The van der Waals surface area contributed by atoms with Gasteiger partial charge >= 0.3 is 0 Å². The van der Waals surface area contributed by atoms with Crippen LogP contribution in [0.3, 0.4) is 0 Å². The Kier molecular flexibility index (Phi) is 7.19. The van der Waals surface area contributed by atoms with E-state index in [-0.39, 0.29) is 17.1 Å². The highest BCUT2D eigenvalue weighted by Gasteiger charge is 2.19. The molecule has 0 aliphatic rings. The van der Waals surface area contributed by atoms with Gasteiger partial charge in [0, 0.05) is 12.1 Å². The van der Waals surface area contributed by atoms with Gasteiger partial charge in [0.2, 0.25) is 5.91 Å². The smallest absolute Gasteiger partial charge is 0.296 e. The fraction of sp³-hybridized carbons (Fsp3) is 0.125. The summed E-state index contributed by atoms with van der Waals surface area (Å²) in [6, 6.07) is 23.9. The lowest BCUT2D eigenvalue weighted by Gasteiger charge is -2.11. The first kappa shape index (κ1) is 23.0. The van der Waals surface area contributed by atoms with Gasteiger partial charge in [-0.2, -0.15) is 0 Å². The zero-order chi connectivity index (χ0) is 23.9. The first-order valence-corrected chi connectivity index (χ1v) is 11.3. The van der Waals surface area contributed by atoms with Crippen LogP contribution >= 0.6 is 11.8 Å². The van der Waals surface area contributed by atoms with Crippen molar-refractivity contribution in [2.75, 3.05) is 18.2 Å². The molecule has 34 heavy (non-hydrogen) atoms. The van der Waals surface area contributed by atoms with Crippen LogP contribution in [0, 0.1) is 10.1 Å². The molecule has 0 radical (unpaired) electrons. The fourth-order valence-electron chi connectivity index (χ4n) is 3.33. The Bertz CT molecular complexity index is 1300. The predicted octanol–water partition coefficient (Wildman–Crippen LogP) is 4.51. The van der Waals surface area contributed by atoms with Crippen LogP contribution in [0.5, 0.6) is 5.75 Å². The number of ether oxygens (including phenoxy) is 1. The van der Waals surface area contributed by atoms with Crippen molar-refractivity contribution in [2.24, 2.45) is 0 Å². The van der Waals surface area contributed by atoms with Crippen molar-refractivity contribution in [3.63, 3.8) is 0 Å². The third-order valence-electron chi connectivity index (χ3n) is 4.93. The Balaban J connectivity index is 1.53. The molecule has 1 aromatic heterocycles. The number of nitrogens with zero attached hydrogens (tertiary/aromatic N) is 4. The minimum atomic E-state index is -0.562. The van der Waals surface area contributed by atoms with E-state index in [0.29, 0.717) is 17.3 Å². The van der Waals surface area contributed by atoms with Crippen LogP contribution in [0.2, 0.25) is 0 Å².